The van der Waals surface area contributed by atoms with Crippen LogP contribution >= 0.6 is 0 Å². The molecule has 0 radical (unpaired) electrons. The van der Waals surface area contributed by atoms with E-state index >= 15 is 0 Å². The first-order chi connectivity index (χ1) is 7.86. The summed E-state index contributed by atoms with van der Waals surface area (Å²) in [5.41, 5.74) is 1.80. The highest BCUT2D eigenvalue weighted by Crippen LogP contribution is 2.08. The molecule has 0 aromatic heterocycles. The SMILES string of the molecule is [O-]/[N+](=C/Cc1ccccc1)c1ccccc1. The third kappa shape index (κ3) is 2.70. The first-order valence-corrected chi connectivity index (χ1v) is 5.25. The third-order valence-corrected chi connectivity index (χ3v) is 2.35. The van der Waals surface area contributed by atoms with Crippen LogP contribution < -0.4 is 0 Å². The van der Waals surface area contributed by atoms with Crippen molar-refractivity contribution in [2.75, 3.05) is 0 Å². The molecule has 2 aromatic rings. The molecule has 0 spiro atoms. The van der Waals surface area contributed by atoms with Crippen molar-refractivity contribution < 1.29 is 4.74 Å². The van der Waals surface area contributed by atoms with Gasteiger partial charge in [-0.15, -0.1) is 0 Å². The van der Waals surface area contributed by atoms with E-state index in [9.17, 15) is 5.21 Å². The van der Waals surface area contributed by atoms with E-state index < -0.39 is 0 Å². The minimum atomic E-state index is 0.652. The second kappa shape index (κ2) is 5.12. The summed E-state index contributed by atoms with van der Waals surface area (Å²) >= 11 is 0. The zero-order chi connectivity index (χ0) is 11.2. The molecule has 2 rings (SSSR count). The van der Waals surface area contributed by atoms with Crippen LogP contribution in [0.3, 0.4) is 0 Å². The molecule has 0 unspecified atom stereocenters. The van der Waals surface area contributed by atoms with Gasteiger partial charge >= 0.3 is 0 Å². The third-order valence-electron chi connectivity index (χ3n) is 2.35. The number of benzene rings is 2. The monoisotopic (exact) mass is 211 g/mol. The Hall–Kier alpha value is -2.09. The fraction of sp³-hybridized carbons (Fsp3) is 0.0714. The number of nitrogens with zero attached hydrogens (tertiary/aromatic N) is 1. The molecule has 2 aromatic carbocycles. The molecule has 0 amide bonds. The maximum Gasteiger partial charge on any atom is 0.216 e. The van der Waals surface area contributed by atoms with Gasteiger partial charge in [0.1, 0.15) is 0 Å². The summed E-state index contributed by atoms with van der Waals surface area (Å²) in [6, 6.07) is 19.1. The van der Waals surface area contributed by atoms with Gasteiger partial charge in [-0.3, -0.25) is 0 Å². The molecule has 0 aliphatic heterocycles. The average molecular weight is 211 g/mol. The van der Waals surface area contributed by atoms with Crippen LogP contribution in [0.5, 0.6) is 0 Å². The number of hydrogen-bond acceptors (Lipinski definition) is 1. The Bertz CT molecular complexity index is 463. The lowest BCUT2D eigenvalue weighted by atomic mass is 10.2. The van der Waals surface area contributed by atoms with Crippen LogP contribution in [-0.2, 0) is 6.42 Å². The molecule has 0 fully saturated rings. The second-order valence-corrected chi connectivity index (χ2v) is 3.53. The van der Waals surface area contributed by atoms with Gasteiger partial charge in [0.25, 0.3) is 0 Å². The van der Waals surface area contributed by atoms with Gasteiger partial charge in [0.05, 0.1) is 6.42 Å². The lowest BCUT2D eigenvalue weighted by Gasteiger charge is -2.02. The van der Waals surface area contributed by atoms with Crippen LogP contribution in [0.25, 0.3) is 0 Å². The number of rotatable bonds is 3. The van der Waals surface area contributed by atoms with E-state index in [4.69, 9.17) is 0 Å². The van der Waals surface area contributed by atoms with Gasteiger partial charge in [-0.1, -0.05) is 48.5 Å². The van der Waals surface area contributed by atoms with Gasteiger partial charge in [0.15, 0.2) is 6.21 Å². The summed E-state index contributed by atoms with van der Waals surface area (Å²) in [7, 11) is 0. The van der Waals surface area contributed by atoms with Crippen LogP contribution in [0.1, 0.15) is 5.56 Å². The standard InChI is InChI=1S/C14H13NO/c16-15(14-9-5-2-6-10-14)12-11-13-7-3-1-4-8-13/h1-10,12H,11H2/b15-12+. The Morgan fingerprint density at radius 1 is 0.875 bits per heavy atom. The van der Waals surface area contributed by atoms with E-state index in [2.05, 4.69) is 0 Å². The Kier molecular flexibility index (Phi) is 3.34. The summed E-state index contributed by atoms with van der Waals surface area (Å²) < 4.78 is 0.910. The van der Waals surface area contributed by atoms with Crippen molar-refractivity contribution >= 4 is 11.9 Å². The van der Waals surface area contributed by atoms with E-state index in [-0.39, 0.29) is 0 Å². The second-order valence-electron chi connectivity index (χ2n) is 3.53. The average Bonchev–Trinajstić information content (AvgIpc) is 2.38. The molecule has 2 nitrogen and oxygen atoms in total. The summed E-state index contributed by atoms with van der Waals surface area (Å²) in [6.45, 7) is 0. The van der Waals surface area contributed by atoms with Crippen molar-refractivity contribution in [3.05, 3.63) is 71.4 Å². The van der Waals surface area contributed by atoms with Gasteiger partial charge in [0, 0.05) is 12.1 Å². The largest absolute Gasteiger partial charge is 0.619 e. The normalized spacial score (nSPS) is 11.4. The lowest BCUT2D eigenvalue weighted by Crippen LogP contribution is -1.99. The van der Waals surface area contributed by atoms with Crippen molar-refractivity contribution in [2.45, 2.75) is 6.42 Å². The van der Waals surface area contributed by atoms with Gasteiger partial charge in [-0.25, -0.2) is 0 Å². The quantitative estimate of drug-likeness (QED) is 0.331. The molecule has 0 aliphatic rings. The molecule has 16 heavy (non-hydrogen) atoms. The zero-order valence-corrected chi connectivity index (χ0v) is 8.91. The highest BCUT2D eigenvalue weighted by Gasteiger charge is 1.98. The highest BCUT2D eigenvalue weighted by atomic mass is 16.5. The minimum absolute atomic E-state index is 0.652. The predicted molar refractivity (Wildman–Crippen MR) is 65.9 cm³/mol. The van der Waals surface area contributed by atoms with Crippen molar-refractivity contribution in [1.82, 2.24) is 0 Å². The molecular weight excluding hydrogens is 198 g/mol. The molecule has 0 heterocycles. The van der Waals surface area contributed by atoms with Crippen LogP contribution in [-0.4, -0.2) is 11.0 Å². The first-order valence-electron chi connectivity index (χ1n) is 5.25. The maximum absolute atomic E-state index is 11.7. The summed E-state index contributed by atoms with van der Waals surface area (Å²) in [5.74, 6) is 0. The number of hydrogen-bond donors (Lipinski definition) is 0. The molecule has 0 saturated carbocycles. The maximum atomic E-state index is 11.7. The van der Waals surface area contributed by atoms with Gasteiger partial charge in [-0.05, 0) is 5.56 Å². The van der Waals surface area contributed by atoms with Gasteiger partial charge in [-0.2, -0.15) is 4.74 Å². The minimum Gasteiger partial charge on any atom is -0.619 e. The Balaban J connectivity index is 2.09. The van der Waals surface area contributed by atoms with Gasteiger partial charge < -0.3 is 5.21 Å². The summed E-state index contributed by atoms with van der Waals surface area (Å²) in [5, 5.41) is 11.7. The van der Waals surface area contributed by atoms with Crippen molar-refractivity contribution in [3.8, 4) is 0 Å². The summed E-state index contributed by atoms with van der Waals surface area (Å²) in [4.78, 5) is 0. The fourth-order valence-electron chi connectivity index (χ4n) is 1.48. The molecule has 80 valence electrons. The molecule has 0 atom stereocenters. The highest BCUT2D eigenvalue weighted by molar-refractivity contribution is 5.58. The Labute approximate surface area is 95.1 Å². The van der Waals surface area contributed by atoms with Crippen LogP contribution in [0, 0.1) is 5.21 Å². The van der Waals surface area contributed by atoms with Crippen molar-refractivity contribution in [2.24, 2.45) is 0 Å². The molecule has 0 bridgehead atoms. The van der Waals surface area contributed by atoms with E-state index in [1.807, 2.05) is 48.5 Å². The molecule has 0 saturated heterocycles. The molecule has 0 aliphatic carbocycles. The van der Waals surface area contributed by atoms with Crippen molar-refractivity contribution in [3.63, 3.8) is 0 Å². The van der Waals surface area contributed by atoms with Crippen LogP contribution in [0.4, 0.5) is 5.69 Å². The van der Waals surface area contributed by atoms with Crippen LogP contribution in [0.15, 0.2) is 60.7 Å². The first kappa shape index (κ1) is 10.4. The van der Waals surface area contributed by atoms with E-state index in [1.165, 1.54) is 0 Å². The lowest BCUT2D eigenvalue weighted by molar-refractivity contribution is -0.356. The van der Waals surface area contributed by atoms with E-state index in [0.29, 0.717) is 12.1 Å². The molecule has 0 N–H and O–H groups in total. The smallest absolute Gasteiger partial charge is 0.216 e. The van der Waals surface area contributed by atoms with Crippen molar-refractivity contribution in [1.29, 1.82) is 0 Å². The van der Waals surface area contributed by atoms with Crippen LogP contribution in [0.2, 0.25) is 0 Å². The Morgan fingerprint density at radius 2 is 1.44 bits per heavy atom. The predicted octanol–water partition coefficient (Wildman–Crippen LogP) is 3.14. The topological polar surface area (TPSA) is 26.1 Å². The number of para-hydroxylation sites is 1. The van der Waals surface area contributed by atoms with E-state index in [1.54, 1.807) is 18.3 Å². The zero-order valence-electron chi connectivity index (χ0n) is 8.91. The van der Waals surface area contributed by atoms with Gasteiger partial charge in [0.2, 0.25) is 5.69 Å². The summed E-state index contributed by atoms with van der Waals surface area (Å²) in [6.07, 6.45) is 2.30. The molecular formula is C14H13NO. The Morgan fingerprint density at radius 3 is 2.06 bits per heavy atom. The molecule has 2 heteroatoms. The van der Waals surface area contributed by atoms with E-state index in [0.717, 1.165) is 10.3 Å². The fourth-order valence-corrected chi connectivity index (χ4v) is 1.48.